The largest absolute Gasteiger partial charge is 0.439 e. The van der Waals surface area contributed by atoms with Crippen molar-refractivity contribution < 1.29 is 36.9 Å². The average Bonchev–Trinajstić information content (AvgIpc) is 3.53. The van der Waals surface area contributed by atoms with E-state index in [1.165, 1.54) is 11.1 Å². The van der Waals surface area contributed by atoms with Gasteiger partial charge in [0.1, 0.15) is 4.70 Å². The van der Waals surface area contributed by atoms with E-state index >= 15 is 0 Å². The Bertz CT molecular complexity index is 1820. The molecule has 1 aromatic heterocycles. The number of ether oxygens (including phenoxy) is 1. The van der Waals surface area contributed by atoms with Crippen molar-refractivity contribution >= 4 is 55.5 Å². The third kappa shape index (κ3) is 8.33. The van der Waals surface area contributed by atoms with E-state index in [1.54, 1.807) is 11.3 Å². The van der Waals surface area contributed by atoms with Gasteiger partial charge in [0.25, 0.3) is 15.1 Å². The van der Waals surface area contributed by atoms with Crippen molar-refractivity contribution in [2.75, 3.05) is 23.0 Å². The molecule has 0 bridgehead atoms. The minimum atomic E-state index is -4.00. The van der Waals surface area contributed by atoms with Gasteiger partial charge < -0.3 is 9.64 Å². The number of benzene rings is 3. The minimum Gasteiger partial charge on any atom is -0.439 e. The van der Waals surface area contributed by atoms with Crippen LogP contribution in [-0.2, 0) is 26.0 Å². The lowest BCUT2D eigenvalue weighted by atomic mass is 10.0. The van der Waals surface area contributed by atoms with Crippen LogP contribution in [0.2, 0.25) is 0 Å². The molecule has 1 aliphatic heterocycles. The van der Waals surface area contributed by atoms with Crippen molar-refractivity contribution in [2.45, 2.75) is 46.6 Å². The Morgan fingerprint density at radius 1 is 1.07 bits per heavy atom. The van der Waals surface area contributed by atoms with Crippen LogP contribution in [0.1, 0.15) is 42.3 Å². The maximum atomic E-state index is 11.3. The van der Waals surface area contributed by atoms with E-state index < -0.39 is 10.1 Å². The summed E-state index contributed by atoms with van der Waals surface area (Å²) in [5.41, 5.74) is 7.68. The fourth-order valence-corrected chi connectivity index (χ4v) is 7.42. The zero-order chi connectivity index (χ0) is 32.0. The van der Waals surface area contributed by atoms with Gasteiger partial charge in [-0.3, -0.25) is 4.55 Å². The Kier molecular flexibility index (Phi) is 11.0. The number of aromatic nitrogens is 1. The smallest absolute Gasteiger partial charge is 0.264 e. The number of rotatable bonds is 14. The number of anilines is 1. The topological polar surface area (TPSA) is 109 Å². The molecule has 4 aromatic rings. The van der Waals surface area contributed by atoms with E-state index in [-0.39, 0.29) is 5.75 Å². The molecule has 0 spiro atoms. The summed E-state index contributed by atoms with van der Waals surface area (Å²) in [6.45, 7) is 7.46. The Balaban J connectivity index is 1.50. The monoisotopic (exact) mass is 669 g/mol. The number of fused-ring (bicyclic) bond motifs is 2. The summed E-state index contributed by atoms with van der Waals surface area (Å²) in [6.07, 6.45) is 5.96. The zero-order valence-corrected chi connectivity index (χ0v) is 27.9. The lowest BCUT2D eigenvalue weighted by Crippen LogP contribution is -2.35. The first kappa shape index (κ1) is 33.1. The van der Waals surface area contributed by atoms with Crippen LogP contribution < -0.4 is 14.2 Å². The van der Waals surface area contributed by atoms with E-state index in [1.807, 2.05) is 24.3 Å². The quantitative estimate of drug-likeness (QED) is 0.0348. The first-order valence-corrected chi connectivity index (χ1v) is 18.1. The Morgan fingerprint density at radius 2 is 1.84 bits per heavy atom. The molecule has 0 amide bonds. The SMILES string of the molecule is CCC(/C=C1\Oc2ccc(-c3ccccc3)cc2N1CCSOOO)=C\c1sc2cc(C)c(C)cc2[n+]1CCCCS(=O)(=O)O. The second kappa shape index (κ2) is 14.9. The molecular formula is C33H37N2O7S3+. The Labute approximate surface area is 272 Å². The average molecular weight is 670 g/mol. The van der Waals surface area contributed by atoms with Gasteiger partial charge in [-0.2, -0.15) is 13.0 Å². The molecule has 0 saturated heterocycles. The van der Waals surface area contributed by atoms with Gasteiger partial charge in [0.2, 0.25) is 11.4 Å². The van der Waals surface area contributed by atoms with E-state index in [2.05, 4.69) is 88.2 Å². The highest BCUT2D eigenvalue weighted by Crippen LogP contribution is 2.42. The molecule has 238 valence electrons. The van der Waals surface area contributed by atoms with Crippen molar-refractivity contribution in [1.82, 2.24) is 0 Å². The van der Waals surface area contributed by atoms with Crippen LogP contribution in [0.5, 0.6) is 5.75 Å². The van der Waals surface area contributed by atoms with Crippen LogP contribution in [0.25, 0.3) is 27.4 Å². The first-order chi connectivity index (χ1) is 21.7. The number of unbranched alkanes of at least 4 members (excludes halogenated alkanes) is 1. The molecule has 2 N–H and O–H groups in total. The van der Waals surface area contributed by atoms with Gasteiger partial charge in [0.15, 0.2) is 12.3 Å². The lowest BCUT2D eigenvalue weighted by molar-refractivity contribution is -0.669. The molecule has 2 heterocycles. The van der Waals surface area contributed by atoms with Crippen LogP contribution in [0.4, 0.5) is 5.69 Å². The third-order valence-corrected chi connectivity index (χ3v) is 10.1. The summed E-state index contributed by atoms with van der Waals surface area (Å²) in [7, 11) is -4.00. The molecule has 0 aliphatic carbocycles. The van der Waals surface area contributed by atoms with Gasteiger partial charge >= 0.3 is 0 Å². The third-order valence-electron chi connectivity index (χ3n) is 7.72. The molecule has 0 radical (unpaired) electrons. The summed E-state index contributed by atoms with van der Waals surface area (Å²) < 4.78 is 46.2. The first-order valence-electron chi connectivity index (χ1n) is 14.7. The summed E-state index contributed by atoms with van der Waals surface area (Å²) >= 11 is 2.69. The minimum absolute atomic E-state index is 0.251. The maximum absolute atomic E-state index is 11.3. The summed E-state index contributed by atoms with van der Waals surface area (Å²) in [5.74, 6) is 1.68. The van der Waals surface area contributed by atoms with Crippen molar-refractivity contribution in [3.63, 3.8) is 0 Å². The summed E-state index contributed by atoms with van der Waals surface area (Å²) in [5, 5.41) is 13.4. The maximum Gasteiger partial charge on any atom is 0.264 e. The van der Waals surface area contributed by atoms with Gasteiger partial charge in [-0.15, -0.1) is 4.33 Å². The van der Waals surface area contributed by atoms with Gasteiger partial charge in [-0.05, 0) is 72.7 Å². The summed E-state index contributed by atoms with van der Waals surface area (Å²) in [4.78, 5) is 2.10. The van der Waals surface area contributed by atoms with Crippen LogP contribution in [0.15, 0.2) is 78.2 Å². The Hall–Kier alpha value is -3.23. The van der Waals surface area contributed by atoms with Crippen molar-refractivity contribution in [3.05, 3.63) is 94.3 Å². The molecule has 1 aliphatic rings. The predicted octanol–water partition coefficient (Wildman–Crippen LogP) is 7.74. The van der Waals surface area contributed by atoms with Crippen LogP contribution in [0.3, 0.4) is 0 Å². The number of hydrogen-bond acceptors (Lipinski definition) is 9. The van der Waals surface area contributed by atoms with E-state index in [4.69, 9.17) is 9.99 Å². The number of thiazole rings is 1. The fourth-order valence-electron chi connectivity index (χ4n) is 5.24. The molecule has 0 atom stereocenters. The highest BCUT2D eigenvalue weighted by Gasteiger charge is 2.28. The van der Waals surface area contributed by atoms with Crippen LogP contribution >= 0.6 is 23.4 Å². The highest BCUT2D eigenvalue weighted by molar-refractivity contribution is 7.94. The number of allylic oxidation sites excluding steroid dienone is 2. The van der Waals surface area contributed by atoms with Gasteiger partial charge in [-0.1, -0.05) is 59.7 Å². The Morgan fingerprint density at radius 3 is 2.58 bits per heavy atom. The molecule has 5 rings (SSSR count). The van der Waals surface area contributed by atoms with Crippen molar-refractivity contribution in [1.29, 1.82) is 0 Å². The van der Waals surface area contributed by atoms with E-state index in [9.17, 15) is 13.0 Å². The number of aryl methyl sites for hydroxylation is 3. The molecule has 0 unspecified atom stereocenters. The summed E-state index contributed by atoms with van der Waals surface area (Å²) in [6, 6.07) is 20.7. The normalized spacial score (nSPS) is 14.4. The molecule has 0 saturated carbocycles. The second-order valence-corrected chi connectivity index (χ2v) is 14.2. The van der Waals surface area contributed by atoms with Crippen LogP contribution in [-0.4, -0.2) is 36.3 Å². The van der Waals surface area contributed by atoms with Gasteiger partial charge in [0.05, 0.1) is 11.4 Å². The number of hydrogen-bond donors (Lipinski definition) is 2. The molecular weight excluding hydrogens is 633 g/mol. The number of nitrogens with zero attached hydrogens (tertiary/aromatic N) is 2. The molecule has 12 heteroatoms. The molecule has 3 aromatic carbocycles. The predicted molar refractivity (Wildman–Crippen MR) is 181 cm³/mol. The highest BCUT2D eigenvalue weighted by atomic mass is 32.2. The van der Waals surface area contributed by atoms with Crippen molar-refractivity contribution in [2.24, 2.45) is 0 Å². The standard InChI is InChI=1S/C33H36N2O7S3/c1-4-25(21-33-35(14-8-9-17-45(37,38)39)29-18-23(2)24(3)19-31(29)44-33)20-32-34(15-16-43-42-41-36)28-22-27(12-13-30(28)40-32)26-10-6-5-7-11-26/h5-7,10-13,18-22H,4,8-9,14-17H2,1-3H3,(H-,36,37,38,39)/p+1. The molecule has 9 nitrogen and oxygen atoms in total. The van der Waals surface area contributed by atoms with Gasteiger partial charge in [-0.25, -0.2) is 5.26 Å². The zero-order valence-electron chi connectivity index (χ0n) is 25.4. The fraction of sp³-hybridized carbons (Fsp3) is 0.303. The molecule has 0 fully saturated rings. The van der Waals surface area contributed by atoms with E-state index in [0.29, 0.717) is 37.6 Å². The van der Waals surface area contributed by atoms with Crippen molar-refractivity contribution in [3.8, 4) is 16.9 Å². The second-order valence-electron chi connectivity index (χ2n) is 10.8. The lowest BCUT2D eigenvalue weighted by Gasteiger charge is -2.18. The van der Waals surface area contributed by atoms with E-state index in [0.717, 1.165) is 61.8 Å². The van der Waals surface area contributed by atoms with Crippen LogP contribution in [0, 0.1) is 13.8 Å². The van der Waals surface area contributed by atoms with Gasteiger partial charge in [0, 0.05) is 49.0 Å². The molecule has 45 heavy (non-hydrogen) atoms.